The molecular formula is C7H15ClO3. The lowest BCUT2D eigenvalue weighted by molar-refractivity contribution is -0.154. The van der Waals surface area contributed by atoms with E-state index in [1.165, 1.54) is 7.11 Å². The smallest absolute Gasteiger partial charge is 0.335 e. The molecule has 0 aromatic rings. The zero-order valence-electron chi connectivity index (χ0n) is 7.12. The Balaban J connectivity index is 0. The number of ether oxygens (including phenoxy) is 2. The van der Waals surface area contributed by atoms with Gasteiger partial charge in [0.1, 0.15) is 0 Å². The fraction of sp³-hybridized carbons (Fsp3) is 0.857. The number of hydrogen-bond acceptors (Lipinski definition) is 3. The summed E-state index contributed by atoms with van der Waals surface area (Å²) in [5.74, 6) is -0.271. The monoisotopic (exact) mass is 182 g/mol. The Morgan fingerprint density at radius 2 is 2.00 bits per heavy atom. The van der Waals surface area contributed by atoms with E-state index >= 15 is 0 Å². The van der Waals surface area contributed by atoms with Crippen molar-refractivity contribution in [2.45, 2.75) is 26.4 Å². The number of halogens is 1. The summed E-state index contributed by atoms with van der Waals surface area (Å²) in [6.45, 7) is 4.07. The molecule has 3 nitrogen and oxygen atoms in total. The molecule has 1 atom stereocenters. The van der Waals surface area contributed by atoms with Crippen LogP contribution >= 0.6 is 12.4 Å². The average Bonchev–Trinajstić information content (AvgIpc) is 1.91. The second kappa shape index (κ2) is 7.82. The molecule has 1 unspecified atom stereocenters. The van der Waals surface area contributed by atoms with Gasteiger partial charge in [-0.2, -0.15) is 0 Å². The van der Waals surface area contributed by atoms with Gasteiger partial charge in [-0.15, -0.1) is 12.4 Å². The van der Waals surface area contributed by atoms with Crippen molar-refractivity contribution in [2.24, 2.45) is 0 Å². The normalized spacial score (nSPS) is 11.5. The summed E-state index contributed by atoms with van der Waals surface area (Å²) in [6, 6.07) is 0. The molecule has 0 fully saturated rings. The van der Waals surface area contributed by atoms with Crippen molar-refractivity contribution in [1.82, 2.24) is 0 Å². The zero-order valence-corrected chi connectivity index (χ0v) is 7.94. The summed E-state index contributed by atoms with van der Waals surface area (Å²) < 4.78 is 9.56. The van der Waals surface area contributed by atoms with E-state index in [4.69, 9.17) is 9.47 Å². The van der Waals surface area contributed by atoms with Crippen LogP contribution in [-0.2, 0) is 14.3 Å². The average molecular weight is 183 g/mol. The van der Waals surface area contributed by atoms with Crippen molar-refractivity contribution >= 4 is 18.4 Å². The third kappa shape index (κ3) is 5.04. The quantitative estimate of drug-likeness (QED) is 0.617. The molecule has 0 amide bonds. The molecule has 0 rings (SSSR count). The molecule has 4 heteroatoms. The van der Waals surface area contributed by atoms with E-state index in [1.54, 1.807) is 6.92 Å². The van der Waals surface area contributed by atoms with E-state index in [9.17, 15) is 4.79 Å². The van der Waals surface area contributed by atoms with Gasteiger partial charge in [0, 0.05) is 7.11 Å². The fourth-order valence-electron chi connectivity index (χ4n) is 0.665. The van der Waals surface area contributed by atoms with Crippen LogP contribution in [0.2, 0.25) is 0 Å². The minimum absolute atomic E-state index is 0. The molecule has 68 valence electrons. The van der Waals surface area contributed by atoms with Crippen molar-refractivity contribution in [3.63, 3.8) is 0 Å². The van der Waals surface area contributed by atoms with Gasteiger partial charge in [0.25, 0.3) is 0 Å². The molecule has 0 aliphatic rings. The van der Waals surface area contributed by atoms with Gasteiger partial charge in [0.05, 0.1) is 6.61 Å². The second-order valence-corrected chi connectivity index (χ2v) is 1.88. The summed E-state index contributed by atoms with van der Waals surface area (Å²) in [6.07, 6.45) is 0.273. The molecule has 0 N–H and O–H groups in total. The first-order valence-electron chi connectivity index (χ1n) is 3.45. The van der Waals surface area contributed by atoms with Gasteiger partial charge in [-0.05, 0) is 13.3 Å². The zero-order chi connectivity index (χ0) is 7.98. The third-order valence-electron chi connectivity index (χ3n) is 1.20. The fourth-order valence-corrected chi connectivity index (χ4v) is 0.665. The summed E-state index contributed by atoms with van der Waals surface area (Å²) >= 11 is 0. The SMILES string of the molecule is CCOC(=O)C(CC)OC.Cl. The van der Waals surface area contributed by atoms with Gasteiger partial charge in [-0.3, -0.25) is 0 Å². The highest BCUT2D eigenvalue weighted by Crippen LogP contribution is 1.98. The highest BCUT2D eigenvalue weighted by atomic mass is 35.5. The van der Waals surface area contributed by atoms with E-state index in [0.717, 1.165) is 0 Å². The number of carbonyl (C=O) groups excluding carboxylic acids is 1. The molecule has 0 spiro atoms. The number of rotatable bonds is 4. The summed E-state index contributed by atoms with van der Waals surface area (Å²) in [7, 11) is 1.51. The molecule has 0 bridgehead atoms. The van der Waals surface area contributed by atoms with Crippen LogP contribution in [0.1, 0.15) is 20.3 Å². The highest BCUT2D eigenvalue weighted by Gasteiger charge is 2.15. The molecule has 0 saturated carbocycles. The number of esters is 1. The molecule has 11 heavy (non-hydrogen) atoms. The summed E-state index contributed by atoms with van der Waals surface area (Å²) in [5, 5.41) is 0. The van der Waals surface area contributed by atoms with Gasteiger partial charge in [0.2, 0.25) is 0 Å². The van der Waals surface area contributed by atoms with Gasteiger partial charge in [-0.25, -0.2) is 4.79 Å². The van der Waals surface area contributed by atoms with Gasteiger partial charge >= 0.3 is 5.97 Å². The molecule has 0 aliphatic heterocycles. The van der Waals surface area contributed by atoms with Crippen LogP contribution in [0.3, 0.4) is 0 Å². The summed E-state index contributed by atoms with van der Waals surface area (Å²) in [5.41, 5.74) is 0. The Bertz CT molecular complexity index is 102. The lowest BCUT2D eigenvalue weighted by Gasteiger charge is -2.10. The minimum atomic E-state index is -0.389. The van der Waals surface area contributed by atoms with Gasteiger partial charge in [0.15, 0.2) is 6.10 Å². The van der Waals surface area contributed by atoms with Crippen molar-refractivity contribution < 1.29 is 14.3 Å². The molecular weight excluding hydrogens is 168 g/mol. The van der Waals surface area contributed by atoms with E-state index < -0.39 is 0 Å². The van der Waals surface area contributed by atoms with Crippen molar-refractivity contribution in [3.05, 3.63) is 0 Å². The molecule has 0 radical (unpaired) electrons. The standard InChI is InChI=1S/C7H14O3.ClH/c1-4-6(9-3)7(8)10-5-2;/h6H,4-5H2,1-3H3;1H. The van der Waals surface area contributed by atoms with Gasteiger partial charge < -0.3 is 9.47 Å². The summed E-state index contributed by atoms with van der Waals surface area (Å²) in [4.78, 5) is 10.9. The second-order valence-electron chi connectivity index (χ2n) is 1.88. The third-order valence-corrected chi connectivity index (χ3v) is 1.20. The van der Waals surface area contributed by atoms with Crippen LogP contribution < -0.4 is 0 Å². The van der Waals surface area contributed by atoms with Crippen LogP contribution in [0.4, 0.5) is 0 Å². The first-order chi connectivity index (χ1) is 4.76. The van der Waals surface area contributed by atoms with Crippen molar-refractivity contribution in [3.8, 4) is 0 Å². The van der Waals surface area contributed by atoms with Crippen LogP contribution in [0.15, 0.2) is 0 Å². The van der Waals surface area contributed by atoms with Crippen LogP contribution in [0.5, 0.6) is 0 Å². The van der Waals surface area contributed by atoms with Crippen molar-refractivity contribution in [1.29, 1.82) is 0 Å². The topological polar surface area (TPSA) is 35.5 Å². The maximum atomic E-state index is 10.9. The highest BCUT2D eigenvalue weighted by molar-refractivity contribution is 5.85. The predicted octanol–water partition coefficient (Wildman–Crippen LogP) is 1.40. The van der Waals surface area contributed by atoms with E-state index in [1.807, 2.05) is 6.92 Å². The van der Waals surface area contributed by atoms with E-state index in [0.29, 0.717) is 13.0 Å². The maximum Gasteiger partial charge on any atom is 0.335 e. The first kappa shape index (κ1) is 13.3. The lowest BCUT2D eigenvalue weighted by atomic mass is 10.3. The van der Waals surface area contributed by atoms with E-state index in [-0.39, 0.29) is 24.5 Å². The predicted molar refractivity (Wildman–Crippen MR) is 45.0 cm³/mol. The Labute approximate surface area is 73.5 Å². The maximum absolute atomic E-state index is 10.9. The molecule has 0 heterocycles. The first-order valence-corrected chi connectivity index (χ1v) is 3.45. The Morgan fingerprint density at radius 1 is 1.45 bits per heavy atom. The minimum Gasteiger partial charge on any atom is -0.464 e. The Hall–Kier alpha value is -0.280. The largest absolute Gasteiger partial charge is 0.464 e. The lowest BCUT2D eigenvalue weighted by Crippen LogP contribution is -2.24. The Kier molecular flexibility index (Phi) is 9.47. The van der Waals surface area contributed by atoms with Crippen LogP contribution in [0.25, 0.3) is 0 Å². The Morgan fingerprint density at radius 3 is 2.27 bits per heavy atom. The molecule has 0 aliphatic carbocycles. The number of carbonyl (C=O) groups is 1. The van der Waals surface area contributed by atoms with Gasteiger partial charge in [-0.1, -0.05) is 6.92 Å². The molecule has 0 saturated heterocycles. The van der Waals surface area contributed by atoms with E-state index in [2.05, 4.69) is 0 Å². The molecule has 0 aromatic heterocycles. The number of methoxy groups -OCH3 is 1. The number of hydrogen-bond donors (Lipinski definition) is 0. The van der Waals surface area contributed by atoms with Crippen LogP contribution in [0, 0.1) is 0 Å². The van der Waals surface area contributed by atoms with Crippen molar-refractivity contribution in [2.75, 3.05) is 13.7 Å². The van der Waals surface area contributed by atoms with Crippen LogP contribution in [-0.4, -0.2) is 25.8 Å². The molecule has 0 aromatic carbocycles.